The quantitative estimate of drug-likeness (QED) is 0.761. The molecule has 1 amide bonds. The van der Waals surface area contributed by atoms with Gasteiger partial charge in [0.25, 0.3) is 5.91 Å². The molecule has 1 aromatic carbocycles. The van der Waals surface area contributed by atoms with Gasteiger partial charge in [0.2, 0.25) is 0 Å². The van der Waals surface area contributed by atoms with Crippen molar-refractivity contribution < 1.29 is 4.79 Å². The van der Waals surface area contributed by atoms with Crippen molar-refractivity contribution in [2.45, 2.75) is 6.92 Å². The van der Waals surface area contributed by atoms with Gasteiger partial charge in [0.1, 0.15) is 0 Å². The fraction of sp³-hybridized carbons (Fsp3) is 0.0714. The standard InChI is InChI=1S/C14H12N4O/c1-10-5-2-3-6-11(10)16-14(19)12-9-13-15-7-4-8-18(13)17-12/h2-9H,1H3,(H,16,19). The highest BCUT2D eigenvalue weighted by Crippen LogP contribution is 2.14. The number of benzene rings is 1. The minimum absolute atomic E-state index is 0.236. The van der Waals surface area contributed by atoms with E-state index in [1.807, 2.05) is 31.2 Å². The second-order valence-corrected chi connectivity index (χ2v) is 4.22. The van der Waals surface area contributed by atoms with E-state index in [2.05, 4.69) is 15.4 Å². The Balaban J connectivity index is 1.90. The molecule has 0 atom stereocenters. The van der Waals surface area contributed by atoms with Crippen molar-refractivity contribution in [2.75, 3.05) is 5.32 Å². The van der Waals surface area contributed by atoms with Crippen LogP contribution in [0.25, 0.3) is 5.65 Å². The first kappa shape index (κ1) is 11.4. The summed E-state index contributed by atoms with van der Waals surface area (Å²) in [7, 11) is 0. The first-order chi connectivity index (χ1) is 9.24. The SMILES string of the molecule is Cc1ccccc1NC(=O)c1cc2ncccn2n1. The normalized spacial score (nSPS) is 10.6. The Kier molecular flexibility index (Phi) is 2.72. The van der Waals surface area contributed by atoms with Gasteiger partial charge in [-0.25, -0.2) is 9.50 Å². The molecule has 3 rings (SSSR count). The van der Waals surface area contributed by atoms with Crippen LogP contribution in [0.15, 0.2) is 48.8 Å². The van der Waals surface area contributed by atoms with Crippen LogP contribution in [0.1, 0.15) is 16.1 Å². The molecule has 0 saturated carbocycles. The highest BCUT2D eigenvalue weighted by Gasteiger charge is 2.12. The second kappa shape index (κ2) is 4.53. The summed E-state index contributed by atoms with van der Waals surface area (Å²) in [5.74, 6) is -0.236. The number of amides is 1. The molecule has 2 aromatic heterocycles. The minimum Gasteiger partial charge on any atom is -0.320 e. The van der Waals surface area contributed by atoms with E-state index in [1.54, 1.807) is 29.0 Å². The minimum atomic E-state index is -0.236. The Morgan fingerprint density at radius 1 is 1.26 bits per heavy atom. The van der Waals surface area contributed by atoms with Crippen LogP contribution in [-0.2, 0) is 0 Å². The lowest BCUT2D eigenvalue weighted by Crippen LogP contribution is -2.13. The van der Waals surface area contributed by atoms with Crippen LogP contribution in [0, 0.1) is 6.92 Å². The summed E-state index contributed by atoms with van der Waals surface area (Å²) in [4.78, 5) is 16.3. The third kappa shape index (κ3) is 2.18. The predicted octanol–water partition coefficient (Wildman–Crippen LogP) is 2.29. The average Bonchev–Trinajstić information content (AvgIpc) is 2.85. The molecular formula is C14H12N4O. The lowest BCUT2D eigenvalue weighted by molar-refractivity contribution is 0.102. The Morgan fingerprint density at radius 3 is 2.89 bits per heavy atom. The summed E-state index contributed by atoms with van der Waals surface area (Å²) in [6.45, 7) is 1.95. The Hall–Kier alpha value is -2.69. The van der Waals surface area contributed by atoms with Crippen LogP contribution < -0.4 is 5.32 Å². The summed E-state index contributed by atoms with van der Waals surface area (Å²) in [5, 5.41) is 7.03. The molecule has 0 fully saturated rings. The number of para-hydroxylation sites is 1. The van der Waals surface area contributed by atoms with Gasteiger partial charge in [-0.2, -0.15) is 5.10 Å². The van der Waals surface area contributed by atoms with Crippen LogP contribution in [0.2, 0.25) is 0 Å². The van der Waals surface area contributed by atoms with Crippen LogP contribution in [0.3, 0.4) is 0 Å². The third-order valence-electron chi connectivity index (χ3n) is 2.86. The van der Waals surface area contributed by atoms with Gasteiger partial charge in [-0.15, -0.1) is 0 Å². The van der Waals surface area contributed by atoms with Crippen molar-refractivity contribution >= 4 is 17.2 Å². The molecule has 19 heavy (non-hydrogen) atoms. The van der Waals surface area contributed by atoms with Crippen molar-refractivity contribution in [3.8, 4) is 0 Å². The van der Waals surface area contributed by atoms with Crippen molar-refractivity contribution in [1.82, 2.24) is 14.6 Å². The summed E-state index contributed by atoms with van der Waals surface area (Å²) in [5.41, 5.74) is 2.80. The first-order valence-electron chi connectivity index (χ1n) is 5.91. The number of hydrogen-bond donors (Lipinski definition) is 1. The number of nitrogens with one attached hydrogen (secondary N) is 1. The van der Waals surface area contributed by atoms with Gasteiger partial charge in [0, 0.05) is 24.1 Å². The molecule has 0 radical (unpaired) electrons. The third-order valence-corrected chi connectivity index (χ3v) is 2.86. The molecule has 0 bridgehead atoms. The highest BCUT2D eigenvalue weighted by molar-refractivity contribution is 6.03. The molecule has 0 saturated heterocycles. The van der Waals surface area contributed by atoms with Crippen LogP contribution in [0.5, 0.6) is 0 Å². The zero-order chi connectivity index (χ0) is 13.2. The number of aromatic nitrogens is 3. The van der Waals surface area contributed by atoms with Crippen LogP contribution in [0.4, 0.5) is 5.69 Å². The number of carbonyl (C=O) groups excluding carboxylic acids is 1. The lowest BCUT2D eigenvalue weighted by atomic mass is 10.2. The molecule has 5 nitrogen and oxygen atoms in total. The van der Waals surface area contributed by atoms with E-state index in [4.69, 9.17) is 0 Å². The van der Waals surface area contributed by atoms with E-state index < -0.39 is 0 Å². The molecule has 0 aliphatic carbocycles. The number of rotatable bonds is 2. The van der Waals surface area contributed by atoms with Crippen LogP contribution >= 0.6 is 0 Å². The Labute approximate surface area is 109 Å². The Bertz CT molecular complexity index is 715. The van der Waals surface area contributed by atoms with Crippen molar-refractivity contribution in [2.24, 2.45) is 0 Å². The lowest BCUT2D eigenvalue weighted by Gasteiger charge is -2.05. The molecule has 0 spiro atoms. The van der Waals surface area contributed by atoms with Gasteiger partial charge in [0.15, 0.2) is 11.3 Å². The van der Waals surface area contributed by atoms with Gasteiger partial charge in [0.05, 0.1) is 0 Å². The van der Waals surface area contributed by atoms with Gasteiger partial charge < -0.3 is 5.32 Å². The Morgan fingerprint density at radius 2 is 2.11 bits per heavy atom. The number of hydrogen-bond acceptors (Lipinski definition) is 3. The highest BCUT2D eigenvalue weighted by atomic mass is 16.1. The van der Waals surface area contributed by atoms with Crippen molar-refractivity contribution in [1.29, 1.82) is 0 Å². The van der Waals surface area contributed by atoms with E-state index in [9.17, 15) is 4.79 Å². The molecular weight excluding hydrogens is 240 g/mol. The molecule has 3 aromatic rings. The molecule has 0 aliphatic heterocycles. The monoisotopic (exact) mass is 252 g/mol. The van der Waals surface area contributed by atoms with E-state index in [0.717, 1.165) is 11.3 Å². The molecule has 94 valence electrons. The molecule has 0 unspecified atom stereocenters. The first-order valence-corrected chi connectivity index (χ1v) is 5.91. The molecule has 5 heteroatoms. The summed E-state index contributed by atoms with van der Waals surface area (Å²) < 4.78 is 1.58. The topological polar surface area (TPSA) is 59.3 Å². The largest absolute Gasteiger partial charge is 0.320 e. The van der Waals surface area contributed by atoms with E-state index in [1.165, 1.54) is 0 Å². The number of anilines is 1. The molecule has 2 heterocycles. The number of nitrogens with zero attached hydrogens (tertiary/aromatic N) is 3. The van der Waals surface area contributed by atoms with Gasteiger partial charge in [-0.05, 0) is 24.6 Å². The van der Waals surface area contributed by atoms with Crippen molar-refractivity contribution in [3.63, 3.8) is 0 Å². The van der Waals surface area contributed by atoms with Gasteiger partial charge in [-0.1, -0.05) is 18.2 Å². The van der Waals surface area contributed by atoms with E-state index >= 15 is 0 Å². The van der Waals surface area contributed by atoms with Crippen molar-refractivity contribution in [3.05, 3.63) is 60.0 Å². The second-order valence-electron chi connectivity index (χ2n) is 4.22. The number of aryl methyl sites for hydroxylation is 1. The summed E-state index contributed by atoms with van der Waals surface area (Å²) in [6.07, 6.45) is 3.42. The number of carbonyl (C=O) groups is 1. The maximum absolute atomic E-state index is 12.1. The maximum atomic E-state index is 12.1. The fourth-order valence-electron chi connectivity index (χ4n) is 1.84. The molecule has 0 aliphatic rings. The van der Waals surface area contributed by atoms with Gasteiger partial charge >= 0.3 is 0 Å². The number of fused-ring (bicyclic) bond motifs is 1. The van der Waals surface area contributed by atoms with Gasteiger partial charge in [-0.3, -0.25) is 4.79 Å². The molecule has 1 N–H and O–H groups in total. The van der Waals surface area contributed by atoms with E-state index in [0.29, 0.717) is 11.3 Å². The maximum Gasteiger partial charge on any atom is 0.276 e. The predicted molar refractivity (Wildman–Crippen MR) is 72.1 cm³/mol. The zero-order valence-electron chi connectivity index (χ0n) is 10.4. The van der Waals surface area contributed by atoms with Crippen LogP contribution in [-0.4, -0.2) is 20.5 Å². The summed E-state index contributed by atoms with van der Waals surface area (Å²) in [6, 6.07) is 11.0. The average molecular weight is 252 g/mol. The van der Waals surface area contributed by atoms with E-state index in [-0.39, 0.29) is 5.91 Å². The zero-order valence-corrected chi connectivity index (χ0v) is 10.4. The fourth-order valence-corrected chi connectivity index (χ4v) is 1.84. The summed E-state index contributed by atoms with van der Waals surface area (Å²) >= 11 is 0. The smallest absolute Gasteiger partial charge is 0.276 e.